The lowest BCUT2D eigenvalue weighted by Gasteiger charge is -2.38. The molecule has 2 fully saturated rings. The Hall–Kier alpha value is -2.05. The van der Waals surface area contributed by atoms with Gasteiger partial charge in [-0.25, -0.2) is 4.68 Å². The summed E-state index contributed by atoms with van der Waals surface area (Å²) in [5, 5.41) is 9.28. The van der Waals surface area contributed by atoms with Crippen LogP contribution in [0.3, 0.4) is 0 Å². The van der Waals surface area contributed by atoms with Crippen LogP contribution in [0.25, 0.3) is 16.9 Å². The summed E-state index contributed by atoms with van der Waals surface area (Å²) in [5.74, 6) is 0.467. The fraction of sp³-hybridized carbons (Fsp3) is 0.448. The number of halogens is 3. The highest BCUT2D eigenvalue weighted by molar-refractivity contribution is 6.35. The molecule has 5 rings (SSSR count). The van der Waals surface area contributed by atoms with Crippen LogP contribution in [0, 0.1) is 23.7 Å². The Morgan fingerprint density at radius 1 is 1.11 bits per heavy atom. The van der Waals surface area contributed by atoms with Gasteiger partial charge in [-0.1, -0.05) is 67.7 Å². The number of amides is 1. The molecule has 37 heavy (non-hydrogen) atoms. The summed E-state index contributed by atoms with van der Waals surface area (Å²) < 4.78 is 8.01. The molecule has 196 valence electrons. The van der Waals surface area contributed by atoms with E-state index in [0.29, 0.717) is 45.0 Å². The van der Waals surface area contributed by atoms with Crippen molar-refractivity contribution in [2.24, 2.45) is 16.7 Å². The van der Waals surface area contributed by atoms with Gasteiger partial charge in [0.15, 0.2) is 5.69 Å². The molecule has 1 amide bonds. The second-order valence-electron chi connectivity index (χ2n) is 11.1. The van der Waals surface area contributed by atoms with E-state index in [-0.39, 0.29) is 17.4 Å². The molecule has 2 saturated carbocycles. The van der Waals surface area contributed by atoms with Gasteiger partial charge in [0.25, 0.3) is 5.91 Å². The summed E-state index contributed by atoms with van der Waals surface area (Å²) in [5.41, 5.74) is 3.84. The van der Waals surface area contributed by atoms with Crippen molar-refractivity contribution in [1.82, 2.24) is 15.1 Å². The first-order valence-corrected chi connectivity index (χ1v) is 13.9. The summed E-state index contributed by atoms with van der Waals surface area (Å²) in [6.07, 6.45) is 3.84. The third kappa shape index (κ3) is 4.58. The van der Waals surface area contributed by atoms with Gasteiger partial charge < -0.3 is 10.1 Å². The molecule has 0 unspecified atom stereocenters. The van der Waals surface area contributed by atoms with Crippen LogP contribution in [0.5, 0.6) is 0 Å². The number of hydrogen-bond donors (Lipinski definition) is 1. The van der Waals surface area contributed by atoms with Gasteiger partial charge in [0, 0.05) is 27.7 Å². The number of carbonyl (C=O) groups excluding carboxylic acids is 1. The van der Waals surface area contributed by atoms with Crippen LogP contribution in [-0.2, 0) is 4.74 Å². The zero-order chi connectivity index (χ0) is 26.5. The minimum atomic E-state index is -0.250. The van der Waals surface area contributed by atoms with Crippen molar-refractivity contribution in [3.05, 3.63) is 68.8 Å². The summed E-state index contributed by atoms with van der Waals surface area (Å²) in [7, 11) is 0. The molecule has 0 aliphatic heterocycles. The Labute approximate surface area is 233 Å². The number of nitrogens with zero attached hydrogens (tertiary/aromatic N) is 2. The zero-order valence-electron chi connectivity index (χ0n) is 21.6. The molecular weight excluding hydrogens is 529 g/mol. The number of hydrogen-bond acceptors (Lipinski definition) is 3. The van der Waals surface area contributed by atoms with Crippen molar-refractivity contribution in [2.45, 2.75) is 53.1 Å². The molecule has 0 spiro atoms. The predicted molar refractivity (Wildman–Crippen MR) is 150 cm³/mol. The normalized spacial score (nSPS) is 24.0. The Balaban J connectivity index is 1.35. The van der Waals surface area contributed by atoms with Crippen LogP contribution < -0.4 is 5.32 Å². The molecule has 0 saturated heterocycles. The van der Waals surface area contributed by atoms with E-state index in [0.717, 1.165) is 29.2 Å². The van der Waals surface area contributed by atoms with Gasteiger partial charge in [0.05, 0.1) is 29.1 Å². The number of benzene rings is 2. The third-order valence-electron chi connectivity index (χ3n) is 9.01. The first kappa shape index (κ1) is 26.6. The lowest BCUT2D eigenvalue weighted by atomic mass is 9.70. The molecule has 2 bridgehead atoms. The summed E-state index contributed by atoms with van der Waals surface area (Å²) >= 11 is 18.8. The molecule has 1 heterocycles. The third-order valence-corrected chi connectivity index (χ3v) is 9.80. The zero-order valence-corrected chi connectivity index (χ0v) is 23.8. The van der Waals surface area contributed by atoms with Gasteiger partial charge in [-0.2, -0.15) is 5.10 Å². The SMILES string of the molecule is Cc1c(C(=O)NCCO[C@H]2C[C@@H]3CC[C@@]2(C)C3(C)C)nn(-c2ccc(Cl)cc2Cl)c1-c1ccc(Cl)cc1. The molecule has 0 radical (unpaired) electrons. The molecule has 2 aliphatic rings. The first-order valence-electron chi connectivity index (χ1n) is 12.7. The number of ether oxygens (including phenoxy) is 1. The Morgan fingerprint density at radius 2 is 1.81 bits per heavy atom. The Morgan fingerprint density at radius 3 is 2.43 bits per heavy atom. The maximum atomic E-state index is 13.3. The van der Waals surface area contributed by atoms with E-state index in [1.165, 1.54) is 12.8 Å². The highest BCUT2D eigenvalue weighted by atomic mass is 35.5. The van der Waals surface area contributed by atoms with Crippen LogP contribution in [0.2, 0.25) is 15.1 Å². The van der Waals surface area contributed by atoms with E-state index in [4.69, 9.17) is 39.5 Å². The van der Waals surface area contributed by atoms with Gasteiger partial charge in [-0.15, -0.1) is 0 Å². The van der Waals surface area contributed by atoms with Crippen molar-refractivity contribution in [2.75, 3.05) is 13.2 Å². The van der Waals surface area contributed by atoms with E-state index in [1.54, 1.807) is 22.9 Å². The second kappa shape index (κ2) is 9.92. The molecule has 2 aromatic carbocycles. The van der Waals surface area contributed by atoms with Crippen molar-refractivity contribution in [3.63, 3.8) is 0 Å². The minimum absolute atomic E-state index is 0.197. The van der Waals surface area contributed by atoms with Crippen molar-refractivity contribution >= 4 is 40.7 Å². The van der Waals surface area contributed by atoms with E-state index >= 15 is 0 Å². The van der Waals surface area contributed by atoms with Gasteiger partial charge >= 0.3 is 0 Å². The van der Waals surface area contributed by atoms with Crippen LogP contribution in [0.1, 0.15) is 56.1 Å². The largest absolute Gasteiger partial charge is 0.376 e. The fourth-order valence-electron chi connectivity index (χ4n) is 6.32. The highest BCUT2D eigenvalue weighted by Crippen LogP contribution is 2.66. The molecule has 5 nitrogen and oxygen atoms in total. The van der Waals surface area contributed by atoms with Crippen LogP contribution in [0.4, 0.5) is 0 Å². The van der Waals surface area contributed by atoms with Crippen LogP contribution in [0.15, 0.2) is 42.5 Å². The summed E-state index contributed by atoms with van der Waals surface area (Å²) in [6, 6.07) is 12.6. The van der Waals surface area contributed by atoms with Gasteiger partial charge in [0.2, 0.25) is 0 Å². The molecular formula is C29H32Cl3N3O2. The molecule has 3 atom stereocenters. The second-order valence-corrected chi connectivity index (χ2v) is 12.3. The van der Waals surface area contributed by atoms with Gasteiger partial charge in [-0.05, 0) is 73.3 Å². The first-order chi connectivity index (χ1) is 17.5. The highest BCUT2D eigenvalue weighted by Gasteiger charge is 2.61. The van der Waals surface area contributed by atoms with E-state index in [9.17, 15) is 4.79 Å². The summed E-state index contributed by atoms with van der Waals surface area (Å²) in [4.78, 5) is 13.3. The average molecular weight is 561 g/mol. The smallest absolute Gasteiger partial charge is 0.272 e. The van der Waals surface area contributed by atoms with Gasteiger partial charge in [0.1, 0.15) is 0 Å². The topological polar surface area (TPSA) is 56.1 Å². The Bertz CT molecular complexity index is 1330. The lowest BCUT2D eigenvalue weighted by Crippen LogP contribution is -2.38. The maximum absolute atomic E-state index is 13.3. The lowest BCUT2D eigenvalue weighted by molar-refractivity contribution is -0.0446. The standard InChI is InChI=1S/C29H32Cl3N3O2/c1-17-25(27(36)33-13-14-37-24-15-19-11-12-29(24,4)28(19,2)3)34-35(23-10-9-21(31)16-22(23)32)26(17)18-5-7-20(30)8-6-18/h5-10,16,19,24H,11-15H2,1-4H3,(H,33,36)/t19-,24-,29+/m0/s1. The fourth-order valence-corrected chi connectivity index (χ4v) is 6.93. The van der Waals surface area contributed by atoms with Crippen LogP contribution >= 0.6 is 34.8 Å². The van der Waals surface area contributed by atoms with E-state index in [2.05, 4.69) is 31.2 Å². The number of nitrogens with one attached hydrogen (secondary N) is 1. The summed E-state index contributed by atoms with van der Waals surface area (Å²) in [6.45, 7) is 9.89. The number of fused-ring (bicyclic) bond motifs is 2. The maximum Gasteiger partial charge on any atom is 0.272 e. The molecule has 2 aliphatic carbocycles. The average Bonchev–Trinajstić information content (AvgIpc) is 3.37. The molecule has 3 aromatic rings. The number of rotatable bonds is 7. The van der Waals surface area contributed by atoms with Crippen molar-refractivity contribution < 1.29 is 9.53 Å². The molecule has 1 aromatic heterocycles. The monoisotopic (exact) mass is 559 g/mol. The van der Waals surface area contributed by atoms with E-state index in [1.807, 2.05) is 31.2 Å². The van der Waals surface area contributed by atoms with E-state index < -0.39 is 0 Å². The van der Waals surface area contributed by atoms with Gasteiger partial charge in [-0.3, -0.25) is 4.79 Å². The van der Waals surface area contributed by atoms with Crippen molar-refractivity contribution in [1.29, 1.82) is 0 Å². The molecule has 8 heteroatoms. The molecule has 1 N–H and O–H groups in total. The predicted octanol–water partition coefficient (Wildman–Crippen LogP) is 7.77. The van der Waals surface area contributed by atoms with Crippen molar-refractivity contribution in [3.8, 4) is 16.9 Å². The van der Waals surface area contributed by atoms with Crippen LogP contribution in [-0.4, -0.2) is 34.9 Å². The quantitative estimate of drug-likeness (QED) is 0.300. The minimum Gasteiger partial charge on any atom is -0.376 e. The Kier molecular flexibility index (Phi) is 7.12. The number of carbonyl (C=O) groups is 1. The number of aromatic nitrogens is 2.